The highest BCUT2D eigenvalue weighted by Crippen LogP contribution is 2.36. The van der Waals surface area contributed by atoms with Gasteiger partial charge in [-0.25, -0.2) is 0 Å². The Labute approximate surface area is 114 Å². The zero-order valence-corrected chi connectivity index (χ0v) is 11.5. The van der Waals surface area contributed by atoms with Crippen molar-refractivity contribution in [3.05, 3.63) is 29.8 Å². The fraction of sp³-hybridized carbons (Fsp3) is 0.562. The Morgan fingerprint density at radius 3 is 2.21 bits per heavy atom. The molecule has 0 N–H and O–H groups in total. The molecule has 0 bridgehead atoms. The molecule has 2 fully saturated rings. The van der Waals surface area contributed by atoms with Gasteiger partial charge >= 0.3 is 0 Å². The van der Waals surface area contributed by atoms with E-state index >= 15 is 0 Å². The second kappa shape index (κ2) is 5.24. The number of fused-ring (bicyclic) bond motifs is 1. The van der Waals surface area contributed by atoms with Crippen molar-refractivity contribution < 1.29 is 9.53 Å². The minimum Gasteiger partial charge on any atom is -0.497 e. The van der Waals surface area contributed by atoms with Crippen LogP contribution >= 0.6 is 0 Å². The van der Waals surface area contributed by atoms with Crippen molar-refractivity contribution in [2.45, 2.75) is 25.7 Å². The molecule has 1 heterocycles. The van der Waals surface area contributed by atoms with E-state index in [1.807, 2.05) is 29.2 Å². The molecule has 1 amide bonds. The maximum absolute atomic E-state index is 12.5. The molecular weight excluding hydrogens is 238 g/mol. The first-order valence-corrected chi connectivity index (χ1v) is 7.21. The fourth-order valence-electron chi connectivity index (χ4n) is 3.49. The van der Waals surface area contributed by atoms with Crippen LogP contribution in [0.3, 0.4) is 0 Å². The Hall–Kier alpha value is -1.51. The SMILES string of the molecule is COc1ccc(C(=O)N2C[C@H]3CCCC[C@H]3C2)cc1. The molecule has 1 aliphatic carbocycles. The van der Waals surface area contributed by atoms with E-state index in [9.17, 15) is 4.79 Å². The lowest BCUT2D eigenvalue weighted by Gasteiger charge is -2.22. The number of hydrogen-bond donors (Lipinski definition) is 0. The van der Waals surface area contributed by atoms with Gasteiger partial charge in [-0.2, -0.15) is 0 Å². The normalized spacial score (nSPS) is 26.1. The molecule has 0 aromatic heterocycles. The summed E-state index contributed by atoms with van der Waals surface area (Å²) in [7, 11) is 1.64. The van der Waals surface area contributed by atoms with Crippen LogP contribution in [0.2, 0.25) is 0 Å². The van der Waals surface area contributed by atoms with Crippen molar-refractivity contribution in [2.24, 2.45) is 11.8 Å². The van der Waals surface area contributed by atoms with E-state index < -0.39 is 0 Å². The predicted octanol–water partition coefficient (Wildman–Crippen LogP) is 2.96. The zero-order chi connectivity index (χ0) is 13.2. The van der Waals surface area contributed by atoms with Gasteiger partial charge in [-0.3, -0.25) is 4.79 Å². The van der Waals surface area contributed by atoms with Crippen LogP contribution < -0.4 is 4.74 Å². The van der Waals surface area contributed by atoms with Crippen molar-refractivity contribution in [1.29, 1.82) is 0 Å². The molecule has 102 valence electrons. The van der Waals surface area contributed by atoms with Crippen LogP contribution in [0.15, 0.2) is 24.3 Å². The smallest absolute Gasteiger partial charge is 0.253 e. The maximum atomic E-state index is 12.5. The van der Waals surface area contributed by atoms with Crippen molar-refractivity contribution in [3.8, 4) is 5.75 Å². The Balaban J connectivity index is 1.70. The average molecular weight is 259 g/mol. The molecule has 0 unspecified atom stereocenters. The average Bonchev–Trinajstić information content (AvgIpc) is 2.90. The third-order valence-corrected chi connectivity index (χ3v) is 4.60. The van der Waals surface area contributed by atoms with E-state index in [0.717, 1.165) is 36.2 Å². The van der Waals surface area contributed by atoms with Gasteiger partial charge in [-0.05, 0) is 48.9 Å². The summed E-state index contributed by atoms with van der Waals surface area (Å²) in [5, 5.41) is 0. The largest absolute Gasteiger partial charge is 0.497 e. The minimum atomic E-state index is 0.178. The number of benzene rings is 1. The molecule has 1 aliphatic heterocycles. The quantitative estimate of drug-likeness (QED) is 0.817. The van der Waals surface area contributed by atoms with Gasteiger partial charge in [-0.15, -0.1) is 0 Å². The number of carbonyl (C=O) groups excluding carboxylic acids is 1. The number of rotatable bonds is 2. The summed E-state index contributed by atoms with van der Waals surface area (Å²) >= 11 is 0. The predicted molar refractivity (Wildman–Crippen MR) is 74.3 cm³/mol. The Kier molecular flexibility index (Phi) is 3.45. The number of hydrogen-bond acceptors (Lipinski definition) is 2. The van der Waals surface area contributed by atoms with Gasteiger partial charge in [-0.1, -0.05) is 12.8 Å². The van der Waals surface area contributed by atoms with Crippen molar-refractivity contribution in [3.63, 3.8) is 0 Å². The highest BCUT2D eigenvalue weighted by atomic mass is 16.5. The number of carbonyl (C=O) groups is 1. The molecule has 2 aliphatic rings. The molecule has 0 radical (unpaired) electrons. The molecule has 1 saturated carbocycles. The van der Waals surface area contributed by atoms with Crippen molar-refractivity contribution in [1.82, 2.24) is 4.90 Å². The topological polar surface area (TPSA) is 29.5 Å². The van der Waals surface area contributed by atoms with Crippen LogP contribution in [-0.4, -0.2) is 31.0 Å². The summed E-state index contributed by atoms with van der Waals surface area (Å²) in [6.07, 6.45) is 5.28. The van der Waals surface area contributed by atoms with E-state index in [0.29, 0.717) is 0 Å². The summed E-state index contributed by atoms with van der Waals surface area (Å²) in [6.45, 7) is 1.91. The Morgan fingerprint density at radius 2 is 1.68 bits per heavy atom. The summed E-state index contributed by atoms with van der Waals surface area (Å²) in [6, 6.07) is 7.44. The van der Waals surface area contributed by atoms with Crippen LogP contribution in [0.1, 0.15) is 36.0 Å². The molecule has 1 aromatic rings. The van der Waals surface area contributed by atoms with Crippen LogP contribution in [-0.2, 0) is 0 Å². The first-order chi connectivity index (χ1) is 9.28. The Morgan fingerprint density at radius 1 is 1.11 bits per heavy atom. The van der Waals surface area contributed by atoms with Crippen molar-refractivity contribution >= 4 is 5.91 Å². The number of amides is 1. The highest BCUT2D eigenvalue weighted by molar-refractivity contribution is 5.94. The van der Waals surface area contributed by atoms with E-state index in [1.54, 1.807) is 7.11 Å². The first kappa shape index (κ1) is 12.5. The number of methoxy groups -OCH3 is 1. The lowest BCUT2D eigenvalue weighted by molar-refractivity contribution is 0.0784. The summed E-state index contributed by atoms with van der Waals surface area (Å²) in [5.74, 6) is 2.47. The molecule has 3 nitrogen and oxygen atoms in total. The van der Waals surface area contributed by atoms with Crippen LogP contribution in [0.4, 0.5) is 0 Å². The van der Waals surface area contributed by atoms with E-state index in [-0.39, 0.29) is 5.91 Å². The van der Waals surface area contributed by atoms with Gasteiger partial charge in [0.25, 0.3) is 5.91 Å². The first-order valence-electron chi connectivity index (χ1n) is 7.21. The van der Waals surface area contributed by atoms with Crippen LogP contribution in [0.5, 0.6) is 5.75 Å². The fourth-order valence-corrected chi connectivity index (χ4v) is 3.49. The zero-order valence-electron chi connectivity index (χ0n) is 11.5. The van der Waals surface area contributed by atoms with E-state index in [4.69, 9.17) is 4.74 Å². The molecule has 3 rings (SSSR count). The van der Waals surface area contributed by atoms with Crippen LogP contribution in [0, 0.1) is 11.8 Å². The minimum absolute atomic E-state index is 0.178. The second-order valence-electron chi connectivity index (χ2n) is 5.74. The molecule has 3 heteroatoms. The van der Waals surface area contributed by atoms with Gasteiger partial charge in [0.15, 0.2) is 0 Å². The monoisotopic (exact) mass is 259 g/mol. The summed E-state index contributed by atoms with van der Waals surface area (Å²) in [4.78, 5) is 14.5. The third-order valence-electron chi connectivity index (χ3n) is 4.60. The number of nitrogens with zero attached hydrogens (tertiary/aromatic N) is 1. The van der Waals surface area contributed by atoms with Gasteiger partial charge in [0, 0.05) is 18.7 Å². The molecule has 19 heavy (non-hydrogen) atoms. The molecular formula is C16H21NO2. The van der Waals surface area contributed by atoms with Gasteiger partial charge in [0.1, 0.15) is 5.75 Å². The number of ether oxygens (including phenoxy) is 1. The lowest BCUT2D eigenvalue weighted by atomic mass is 9.82. The van der Waals surface area contributed by atoms with Crippen molar-refractivity contribution in [2.75, 3.05) is 20.2 Å². The molecule has 2 atom stereocenters. The van der Waals surface area contributed by atoms with Crippen LogP contribution in [0.25, 0.3) is 0 Å². The molecule has 1 aromatic carbocycles. The van der Waals surface area contributed by atoms with Gasteiger partial charge in [0.05, 0.1) is 7.11 Å². The second-order valence-corrected chi connectivity index (χ2v) is 5.74. The lowest BCUT2D eigenvalue weighted by Crippen LogP contribution is -2.28. The van der Waals surface area contributed by atoms with E-state index in [1.165, 1.54) is 25.7 Å². The third kappa shape index (κ3) is 2.46. The maximum Gasteiger partial charge on any atom is 0.253 e. The van der Waals surface area contributed by atoms with Gasteiger partial charge in [0.2, 0.25) is 0 Å². The molecule has 0 spiro atoms. The standard InChI is InChI=1S/C16H21NO2/c1-19-15-8-6-12(7-9-15)16(18)17-10-13-4-2-3-5-14(13)11-17/h6-9,13-14H,2-5,10-11H2,1H3/t13-,14+. The highest BCUT2D eigenvalue weighted by Gasteiger charge is 2.36. The van der Waals surface area contributed by atoms with E-state index in [2.05, 4.69) is 0 Å². The summed E-state index contributed by atoms with van der Waals surface area (Å²) in [5.41, 5.74) is 0.777. The summed E-state index contributed by atoms with van der Waals surface area (Å²) < 4.78 is 5.13. The number of likely N-dealkylation sites (tertiary alicyclic amines) is 1. The Bertz CT molecular complexity index is 440. The van der Waals surface area contributed by atoms with Gasteiger partial charge < -0.3 is 9.64 Å². The molecule has 1 saturated heterocycles.